The van der Waals surface area contributed by atoms with Crippen molar-refractivity contribution >= 4 is 21.6 Å². The van der Waals surface area contributed by atoms with Crippen molar-refractivity contribution in [3.05, 3.63) is 28.2 Å². The molecule has 2 rings (SSSR count). The summed E-state index contributed by atoms with van der Waals surface area (Å²) in [6, 6.07) is 6.80. The zero-order chi connectivity index (χ0) is 13.1. The monoisotopic (exact) mass is 310 g/mol. The zero-order valence-corrected chi connectivity index (χ0v) is 12.9. The molecule has 0 saturated carbocycles. The number of nitrogens with zero attached hydrogens (tertiary/aromatic N) is 1. The van der Waals surface area contributed by atoms with E-state index in [0.29, 0.717) is 0 Å². The van der Waals surface area contributed by atoms with Gasteiger partial charge in [-0.3, -0.25) is 0 Å². The van der Waals surface area contributed by atoms with Crippen molar-refractivity contribution in [3.8, 4) is 0 Å². The van der Waals surface area contributed by atoms with Crippen LogP contribution in [0.2, 0.25) is 0 Å². The van der Waals surface area contributed by atoms with Crippen molar-refractivity contribution < 1.29 is 0 Å². The van der Waals surface area contributed by atoms with E-state index >= 15 is 0 Å². The van der Waals surface area contributed by atoms with E-state index in [-0.39, 0.29) is 6.04 Å². The normalized spacial score (nSPS) is 22.0. The molecule has 18 heavy (non-hydrogen) atoms. The highest BCUT2D eigenvalue weighted by Crippen LogP contribution is 2.29. The Balaban J connectivity index is 2.25. The Morgan fingerprint density at radius 2 is 2.28 bits per heavy atom. The number of anilines is 1. The second-order valence-electron chi connectivity index (χ2n) is 5.65. The van der Waals surface area contributed by atoms with Crippen LogP contribution in [0.5, 0.6) is 0 Å². The smallest absolute Gasteiger partial charge is 0.0400 e. The molecule has 0 aliphatic carbocycles. The Morgan fingerprint density at radius 3 is 2.94 bits per heavy atom. The van der Waals surface area contributed by atoms with E-state index in [2.05, 4.69) is 52.9 Å². The van der Waals surface area contributed by atoms with E-state index in [0.717, 1.165) is 16.8 Å². The molecule has 1 aromatic rings. The summed E-state index contributed by atoms with van der Waals surface area (Å²) in [6.45, 7) is 6.77. The highest BCUT2D eigenvalue weighted by molar-refractivity contribution is 9.10. The second kappa shape index (κ2) is 6.07. The first-order chi connectivity index (χ1) is 8.56. The van der Waals surface area contributed by atoms with E-state index in [4.69, 9.17) is 5.73 Å². The molecule has 1 saturated heterocycles. The maximum Gasteiger partial charge on any atom is 0.0400 e. The van der Waals surface area contributed by atoms with Gasteiger partial charge in [0.1, 0.15) is 0 Å². The quantitative estimate of drug-likeness (QED) is 0.924. The lowest BCUT2D eigenvalue weighted by Gasteiger charge is -2.34. The van der Waals surface area contributed by atoms with Gasteiger partial charge in [-0.05, 0) is 55.9 Å². The Kier molecular flexibility index (Phi) is 4.68. The van der Waals surface area contributed by atoms with Crippen molar-refractivity contribution in [1.29, 1.82) is 0 Å². The first kappa shape index (κ1) is 13.9. The van der Waals surface area contributed by atoms with Crippen LogP contribution in [0.1, 0.15) is 32.3 Å². The minimum absolute atomic E-state index is 0.209. The molecule has 0 aromatic heterocycles. The predicted molar refractivity (Wildman–Crippen MR) is 82.1 cm³/mol. The molecular weight excluding hydrogens is 288 g/mol. The molecule has 0 amide bonds. The minimum Gasteiger partial charge on any atom is -0.371 e. The summed E-state index contributed by atoms with van der Waals surface area (Å²) in [5.41, 5.74) is 8.71. The molecule has 1 aromatic carbocycles. The number of nitrogens with two attached hydrogens (primary N) is 1. The maximum absolute atomic E-state index is 5.97. The van der Waals surface area contributed by atoms with Crippen molar-refractivity contribution in [2.75, 3.05) is 18.0 Å². The van der Waals surface area contributed by atoms with Gasteiger partial charge in [0.2, 0.25) is 0 Å². The molecule has 2 unspecified atom stereocenters. The van der Waals surface area contributed by atoms with Crippen molar-refractivity contribution in [2.45, 2.75) is 39.2 Å². The average Bonchev–Trinajstić information content (AvgIpc) is 2.28. The third-order valence-corrected chi connectivity index (χ3v) is 4.07. The predicted octanol–water partition coefficient (Wildman–Crippen LogP) is 3.58. The molecule has 1 heterocycles. The number of hydrogen-bond acceptors (Lipinski definition) is 2. The molecule has 1 aliphatic rings. The summed E-state index contributed by atoms with van der Waals surface area (Å²) in [6.07, 6.45) is 3.60. The van der Waals surface area contributed by atoms with Crippen molar-refractivity contribution in [1.82, 2.24) is 0 Å². The summed E-state index contributed by atoms with van der Waals surface area (Å²) in [4.78, 5) is 2.53. The molecule has 1 fully saturated rings. The van der Waals surface area contributed by atoms with Crippen LogP contribution in [-0.4, -0.2) is 19.1 Å². The molecule has 0 radical (unpaired) electrons. The van der Waals surface area contributed by atoms with Crippen LogP contribution >= 0.6 is 15.9 Å². The molecule has 0 spiro atoms. The zero-order valence-electron chi connectivity index (χ0n) is 11.3. The number of piperidine rings is 1. The van der Waals surface area contributed by atoms with Crippen LogP contribution in [0.3, 0.4) is 0 Å². The lowest BCUT2D eigenvalue weighted by atomic mass is 9.97. The van der Waals surface area contributed by atoms with Gasteiger partial charge in [0, 0.05) is 29.3 Å². The van der Waals surface area contributed by atoms with Gasteiger partial charge in [0.15, 0.2) is 0 Å². The SMILES string of the molecule is CC(N)Cc1cc(Br)ccc1N1CCCC(C)C1. The van der Waals surface area contributed by atoms with Crippen LogP contribution in [0.15, 0.2) is 22.7 Å². The standard InChI is InChI=1S/C15H23BrN2/c1-11-4-3-7-18(10-11)15-6-5-14(16)9-13(15)8-12(2)17/h5-6,9,11-12H,3-4,7-8,10,17H2,1-2H3. The summed E-state index contributed by atoms with van der Waals surface area (Å²) in [7, 11) is 0. The molecule has 2 nitrogen and oxygen atoms in total. The molecule has 0 bridgehead atoms. The van der Waals surface area contributed by atoms with Gasteiger partial charge < -0.3 is 10.6 Å². The van der Waals surface area contributed by atoms with E-state index < -0.39 is 0 Å². The first-order valence-corrected chi connectivity index (χ1v) is 7.64. The van der Waals surface area contributed by atoms with E-state index in [1.807, 2.05) is 0 Å². The molecule has 3 heteroatoms. The minimum atomic E-state index is 0.209. The number of hydrogen-bond donors (Lipinski definition) is 1. The number of rotatable bonds is 3. The van der Waals surface area contributed by atoms with Crippen LogP contribution in [0.4, 0.5) is 5.69 Å². The van der Waals surface area contributed by atoms with E-state index in [1.165, 1.54) is 37.2 Å². The Morgan fingerprint density at radius 1 is 1.50 bits per heavy atom. The van der Waals surface area contributed by atoms with Crippen LogP contribution in [-0.2, 0) is 6.42 Å². The van der Waals surface area contributed by atoms with E-state index in [1.54, 1.807) is 0 Å². The summed E-state index contributed by atoms with van der Waals surface area (Å²) < 4.78 is 1.15. The molecule has 1 aliphatic heterocycles. The van der Waals surface area contributed by atoms with Gasteiger partial charge in [-0.2, -0.15) is 0 Å². The van der Waals surface area contributed by atoms with Gasteiger partial charge in [-0.25, -0.2) is 0 Å². The third kappa shape index (κ3) is 3.48. The molecule has 100 valence electrons. The lowest BCUT2D eigenvalue weighted by molar-refractivity contribution is 0.446. The van der Waals surface area contributed by atoms with Gasteiger partial charge in [0.25, 0.3) is 0 Å². The Labute approximate surface area is 119 Å². The second-order valence-corrected chi connectivity index (χ2v) is 6.56. The largest absolute Gasteiger partial charge is 0.371 e. The van der Waals surface area contributed by atoms with Crippen molar-refractivity contribution in [2.24, 2.45) is 11.7 Å². The fourth-order valence-electron chi connectivity index (χ4n) is 2.78. The third-order valence-electron chi connectivity index (χ3n) is 3.58. The number of benzene rings is 1. The van der Waals surface area contributed by atoms with Gasteiger partial charge in [-0.15, -0.1) is 0 Å². The Bertz CT molecular complexity index is 403. The molecule has 2 atom stereocenters. The highest BCUT2D eigenvalue weighted by Gasteiger charge is 2.19. The fourth-order valence-corrected chi connectivity index (χ4v) is 3.19. The van der Waals surface area contributed by atoms with Gasteiger partial charge in [-0.1, -0.05) is 22.9 Å². The topological polar surface area (TPSA) is 29.3 Å². The summed E-state index contributed by atoms with van der Waals surface area (Å²) in [5, 5.41) is 0. The van der Waals surface area contributed by atoms with Gasteiger partial charge in [0.05, 0.1) is 0 Å². The van der Waals surface area contributed by atoms with Gasteiger partial charge >= 0.3 is 0 Å². The van der Waals surface area contributed by atoms with Crippen molar-refractivity contribution in [3.63, 3.8) is 0 Å². The summed E-state index contributed by atoms with van der Waals surface area (Å²) >= 11 is 3.56. The van der Waals surface area contributed by atoms with Crippen LogP contribution < -0.4 is 10.6 Å². The maximum atomic E-state index is 5.97. The number of halogens is 1. The average molecular weight is 311 g/mol. The van der Waals surface area contributed by atoms with Crippen LogP contribution in [0, 0.1) is 5.92 Å². The fraction of sp³-hybridized carbons (Fsp3) is 0.600. The summed E-state index contributed by atoms with van der Waals surface area (Å²) in [5.74, 6) is 0.797. The molecular formula is C15H23BrN2. The lowest BCUT2D eigenvalue weighted by Crippen LogP contribution is -2.35. The highest BCUT2D eigenvalue weighted by atomic mass is 79.9. The first-order valence-electron chi connectivity index (χ1n) is 6.85. The van der Waals surface area contributed by atoms with Crippen LogP contribution in [0.25, 0.3) is 0 Å². The molecule has 2 N–H and O–H groups in total. The van der Waals surface area contributed by atoms with E-state index in [9.17, 15) is 0 Å². The Hall–Kier alpha value is -0.540.